The maximum atomic E-state index is 12.4. The summed E-state index contributed by atoms with van der Waals surface area (Å²) in [4.78, 5) is 0. The van der Waals surface area contributed by atoms with Gasteiger partial charge in [0.2, 0.25) is 0 Å². The van der Waals surface area contributed by atoms with Gasteiger partial charge < -0.3 is 0 Å². The Labute approximate surface area is 94.0 Å². The lowest BCUT2D eigenvalue weighted by molar-refractivity contribution is -0.167. The van der Waals surface area contributed by atoms with E-state index in [0.717, 1.165) is 12.8 Å². The summed E-state index contributed by atoms with van der Waals surface area (Å²) in [5, 5.41) is 0.258. The van der Waals surface area contributed by atoms with Crippen molar-refractivity contribution in [2.24, 2.45) is 5.92 Å². The maximum Gasteiger partial charge on any atom is 0.392 e. The second kappa shape index (κ2) is 6.02. The molecule has 0 radical (unpaired) electrons. The molecule has 1 fully saturated rings. The number of hydrogen-bond donors (Lipinski definition) is 0. The van der Waals surface area contributed by atoms with Gasteiger partial charge in [0.15, 0.2) is 0 Å². The number of rotatable bonds is 5. The molecule has 0 nitrogen and oxygen atoms in total. The minimum atomic E-state index is -3.97. The molecule has 0 bridgehead atoms. The molecule has 0 aliphatic carbocycles. The van der Waals surface area contributed by atoms with Crippen LogP contribution in [0.3, 0.4) is 0 Å². The van der Waals surface area contributed by atoms with Crippen LogP contribution in [0.1, 0.15) is 45.4 Å². The van der Waals surface area contributed by atoms with Gasteiger partial charge in [0, 0.05) is 11.0 Å². The second-order valence-corrected chi connectivity index (χ2v) is 5.61. The topological polar surface area (TPSA) is 0 Å². The first-order chi connectivity index (χ1) is 7.04. The van der Waals surface area contributed by atoms with E-state index in [2.05, 4.69) is 6.92 Å². The van der Waals surface area contributed by atoms with E-state index in [9.17, 15) is 13.2 Å². The summed E-state index contributed by atoms with van der Waals surface area (Å²) < 4.78 is 37.1. The molecule has 0 aromatic rings. The summed E-state index contributed by atoms with van der Waals surface area (Å²) in [5.41, 5.74) is 0. The number of unbranched alkanes of at least 4 members (excludes halogenated alkanes) is 3. The van der Waals surface area contributed by atoms with Crippen LogP contribution in [0, 0.1) is 5.92 Å². The Bertz CT molecular complexity index is 179. The Kier molecular flexibility index (Phi) is 5.30. The highest BCUT2D eigenvalue weighted by atomic mass is 32.2. The molecule has 15 heavy (non-hydrogen) atoms. The molecule has 90 valence electrons. The fraction of sp³-hybridized carbons (Fsp3) is 1.00. The fourth-order valence-electron chi connectivity index (χ4n) is 1.93. The molecule has 0 saturated carbocycles. The highest BCUT2D eigenvalue weighted by Gasteiger charge is 2.44. The first kappa shape index (κ1) is 13.2. The molecule has 1 rings (SSSR count). The zero-order valence-corrected chi connectivity index (χ0v) is 9.96. The van der Waals surface area contributed by atoms with E-state index in [1.807, 2.05) is 0 Å². The zero-order chi connectivity index (χ0) is 11.3. The average molecular weight is 240 g/mol. The fourth-order valence-corrected chi connectivity index (χ4v) is 3.47. The first-order valence-electron chi connectivity index (χ1n) is 5.72. The van der Waals surface area contributed by atoms with Crippen molar-refractivity contribution in [2.75, 3.05) is 5.75 Å². The number of hydrogen-bond acceptors (Lipinski definition) is 1. The summed E-state index contributed by atoms with van der Waals surface area (Å²) in [5.74, 6) is -0.763. The van der Waals surface area contributed by atoms with E-state index in [0.29, 0.717) is 6.42 Å². The molecule has 0 aromatic carbocycles. The first-order valence-corrected chi connectivity index (χ1v) is 6.77. The Balaban J connectivity index is 2.14. The third-order valence-corrected chi connectivity index (χ3v) is 4.42. The Morgan fingerprint density at radius 3 is 2.47 bits per heavy atom. The van der Waals surface area contributed by atoms with Crippen molar-refractivity contribution >= 4 is 11.8 Å². The van der Waals surface area contributed by atoms with Gasteiger partial charge in [-0.25, -0.2) is 0 Å². The van der Waals surface area contributed by atoms with Gasteiger partial charge in [-0.1, -0.05) is 32.6 Å². The molecule has 0 amide bonds. The standard InChI is InChI=1S/C11H19F3S/c1-2-3-4-5-6-10-7-9(8-15-10)11(12,13)14/h9-10H,2-8H2,1H3. The molecule has 1 heterocycles. The predicted octanol–water partition coefficient (Wildman–Crippen LogP) is 4.64. The van der Waals surface area contributed by atoms with Gasteiger partial charge in [0.25, 0.3) is 0 Å². The van der Waals surface area contributed by atoms with Crippen LogP contribution in [0.2, 0.25) is 0 Å². The third-order valence-electron chi connectivity index (χ3n) is 2.92. The smallest absolute Gasteiger partial charge is 0.171 e. The van der Waals surface area contributed by atoms with Crippen molar-refractivity contribution in [3.8, 4) is 0 Å². The molecule has 1 saturated heterocycles. The number of alkyl halides is 3. The molecule has 1 aliphatic rings. The van der Waals surface area contributed by atoms with Gasteiger partial charge in [-0.05, 0) is 12.8 Å². The van der Waals surface area contributed by atoms with Crippen molar-refractivity contribution in [3.05, 3.63) is 0 Å². The van der Waals surface area contributed by atoms with Crippen molar-refractivity contribution in [1.29, 1.82) is 0 Å². The molecule has 1 aliphatic heterocycles. The molecule has 2 atom stereocenters. The SMILES string of the molecule is CCCCCCC1CC(C(F)(F)F)CS1. The Morgan fingerprint density at radius 2 is 1.93 bits per heavy atom. The number of halogens is 3. The van der Waals surface area contributed by atoms with Crippen molar-refractivity contribution in [3.63, 3.8) is 0 Å². The molecule has 0 aromatic heterocycles. The summed E-state index contributed by atoms with van der Waals surface area (Å²) >= 11 is 1.52. The highest BCUT2D eigenvalue weighted by molar-refractivity contribution is 8.00. The second-order valence-electron chi connectivity index (χ2n) is 4.28. The summed E-state index contributed by atoms with van der Waals surface area (Å²) in [6, 6.07) is 0. The maximum absolute atomic E-state index is 12.4. The van der Waals surface area contributed by atoms with Gasteiger partial charge in [-0.2, -0.15) is 24.9 Å². The van der Waals surface area contributed by atoms with E-state index in [-0.39, 0.29) is 11.0 Å². The molecular weight excluding hydrogens is 221 g/mol. The Morgan fingerprint density at radius 1 is 1.20 bits per heavy atom. The van der Waals surface area contributed by atoms with Gasteiger partial charge in [-0.15, -0.1) is 0 Å². The van der Waals surface area contributed by atoms with Crippen LogP contribution < -0.4 is 0 Å². The highest BCUT2D eigenvalue weighted by Crippen LogP contribution is 2.42. The van der Waals surface area contributed by atoms with Crippen LogP contribution in [0.15, 0.2) is 0 Å². The summed E-state index contributed by atoms with van der Waals surface area (Å²) in [7, 11) is 0. The van der Waals surface area contributed by atoms with Gasteiger partial charge in [0.1, 0.15) is 0 Å². The minimum absolute atomic E-state index is 0.258. The molecular formula is C11H19F3S. The van der Waals surface area contributed by atoms with Crippen LogP contribution >= 0.6 is 11.8 Å². The molecule has 2 unspecified atom stereocenters. The molecule has 4 heteroatoms. The van der Waals surface area contributed by atoms with Crippen LogP contribution in [0.4, 0.5) is 13.2 Å². The van der Waals surface area contributed by atoms with Crippen molar-refractivity contribution in [1.82, 2.24) is 0 Å². The average Bonchev–Trinajstić information content (AvgIpc) is 2.60. The van der Waals surface area contributed by atoms with E-state index < -0.39 is 12.1 Å². The van der Waals surface area contributed by atoms with Crippen LogP contribution in [0.25, 0.3) is 0 Å². The number of thioether (sulfide) groups is 1. The zero-order valence-electron chi connectivity index (χ0n) is 9.15. The Hall–Kier alpha value is 0.140. The van der Waals surface area contributed by atoms with E-state index in [1.165, 1.54) is 31.0 Å². The quantitative estimate of drug-likeness (QED) is 0.631. The van der Waals surface area contributed by atoms with E-state index in [1.54, 1.807) is 0 Å². The molecule has 0 spiro atoms. The van der Waals surface area contributed by atoms with Crippen molar-refractivity contribution in [2.45, 2.75) is 56.9 Å². The van der Waals surface area contributed by atoms with Crippen molar-refractivity contribution < 1.29 is 13.2 Å². The van der Waals surface area contributed by atoms with E-state index >= 15 is 0 Å². The normalized spacial score (nSPS) is 27.2. The van der Waals surface area contributed by atoms with Gasteiger partial charge in [-0.3, -0.25) is 0 Å². The van der Waals surface area contributed by atoms with Crippen LogP contribution in [-0.2, 0) is 0 Å². The lowest BCUT2D eigenvalue weighted by atomic mass is 10.0. The van der Waals surface area contributed by atoms with Gasteiger partial charge in [0.05, 0.1) is 5.92 Å². The van der Waals surface area contributed by atoms with Crippen LogP contribution in [-0.4, -0.2) is 17.2 Å². The minimum Gasteiger partial charge on any atom is -0.171 e. The van der Waals surface area contributed by atoms with Crippen LogP contribution in [0.5, 0.6) is 0 Å². The lowest BCUT2D eigenvalue weighted by Crippen LogP contribution is -2.22. The van der Waals surface area contributed by atoms with E-state index in [4.69, 9.17) is 0 Å². The summed E-state index contributed by atoms with van der Waals surface area (Å²) in [6.07, 6.45) is 2.01. The summed E-state index contributed by atoms with van der Waals surface area (Å²) in [6.45, 7) is 2.14. The largest absolute Gasteiger partial charge is 0.392 e. The van der Waals surface area contributed by atoms with Gasteiger partial charge >= 0.3 is 6.18 Å². The third kappa shape index (κ3) is 4.66. The molecule has 0 N–H and O–H groups in total. The monoisotopic (exact) mass is 240 g/mol. The predicted molar refractivity (Wildman–Crippen MR) is 59.2 cm³/mol. The lowest BCUT2D eigenvalue weighted by Gasteiger charge is -2.13.